The number of ether oxygens (including phenoxy) is 1. The highest BCUT2D eigenvalue weighted by Gasteiger charge is 2.13. The standard InChI is InChI=1S/C16H25FN2O3/c1-10-7-13(8-11(2)15(10)17)12(3)19-16(21)18-6-5-14(20)9-22-4/h7-8,12,14,20H,5-6,9H2,1-4H3,(H2,18,19,21). The summed E-state index contributed by atoms with van der Waals surface area (Å²) in [7, 11) is 1.51. The third-order valence-corrected chi connectivity index (χ3v) is 3.43. The second-order valence-electron chi connectivity index (χ2n) is 5.49. The Morgan fingerprint density at radius 2 is 1.95 bits per heavy atom. The van der Waals surface area contributed by atoms with Gasteiger partial charge in [0.25, 0.3) is 0 Å². The van der Waals surface area contributed by atoms with E-state index in [1.807, 2.05) is 6.92 Å². The normalized spacial score (nSPS) is 13.5. The zero-order valence-electron chi connectivity index (χ0n) is 13.6. The largest absolute Gasteiger partial charge is 0.391 e. The van der Waals surface area contributed by atoms with Gasteiger partial charge >= 0.3 is 6.03 Å². The summed E-state index contributed by atoms with van der Waals surface area (Å²) in [5, 5.41) is 14.9. The molecule has 0 aliphatic rings. The first kappa shape index (κ1) is 18.4. The van der Waals surface area contributed by atoms with Gasteiger partial charge < -0.3 is 20.5 Å². The van der Waals surface area contributed by atoms with E-state index < -0.39 is 6.10 Å². The third kappa shape index (κ3) is 5.61. The molecule has 2 unspecified atom stereocenters. The molecule has 6 heteroatoms. The molecule has 0 saturated heterocycles. The van der Waals surface area contributed by atoms with Gasteiger partial charge in [-0.15, -0.1) is 0 Å². The molecular weight excluding hydrogens is 287 g/mol. The van der Waals surface area contributed by atoms with Crippen molar-refractivity contribution in [3.63, 3.8) is 0 Å². The lowest BCUT2D eigenvalue weighted by atomic mass is 10.0. The number of benzene rings is 1. The topological polar surface area (TPSA) is 70.6 Å². The minimum absolute atomic E-state index is 0.215. The van der Waals surface area contributed by atoms with Gasteiger partial charge in [0, 0.05) is 13.7 Å². The molecule has 5 nitrogen and oxygen atoms in total. The van der Waals surface area contributed by atoms with Crippen molar-refractivity contribution in [2.45, 2.75) is 39.3 Å². The smallest absolute Gasteiger partial charge is 0.315 e. The minimum Gasteiger partial charge on any atom is -0.391 e. The molecule has 0 radical (unpaired) electrons. The van der Waals surface area contributed by atoms with E-state index in [9.17, 15) is 14.3 Å². The molecule has 1 aromatic carbocycles. The highest BCUT2D eigenvalue weighted by atomic mass is 19.1. The fourth-order valence-electron chi connectivity index (χ4n) is 2.19. The first-order valence-electron chi connectivity index (χ1n) is 7.33. The van der Waals surface area contributed by atoms with Crippen molar-refractivity contribution in [3.05, 3.63) is 34.6 Å². The van der Waals surface area contributed by atoms with E-state index in [0.717, 1.165) is 5.56 Å². The Kier molecular flexibility index (Phi) is 7.27. The Morgan fingerprint density at radius 3 is 2.50 bits per heavy atom. The number of carbonyl (C=O) groups is 1. The first-order valence-corrected chi connectivity index (χ1v) is 7.33. The van der Waals surface area contributed by atoms with Crippen LogP contribution in [0.2, 0.25) is 0 Å². The Morgan fingerprint density at radius 1 is 1.36 bits per heavy atom. The molecule has 1 aromatic rings. The molecule has 0 spiro atoms. The van der Waals surface area contributed by atoms with E-state index >= 15 is 0 Å². The molecule has 0 heterocycles. The number of urea groups is 1. The molecular formula is C16H25FN2O3. The van der Waals surface area contributed by atoms with Crippen molar-refractivity contribution in [1.82, 2.24) is 10.6 Å². The fourth-order valence-corrected chi connectivity index (χ4v) is 2.19. The lowest BCUT2D eigenvalue weighted by molar-refractivity contribution is 0.0598. The predicted octanol–water partition coefficient (Wildman–Crippen LogP) is 2.20. The number of carbonyl (C=O) groups excluding carboxylic acids is 1. The van der Waals surface area contributed by atoms with Gasteiger partial charge in [-0.25, -0.2) is 9.18 Å². The van der Waals surface area contributed by atoms with Crippen LogP contribution in [0.25, 0.3) is 0 Å². The first-order chi connectivity index (χ1) is 10.3. The number of aliphatic hydroxyl groups excluding tert-OH is 1. The highest BCUT2D eigenvalue weighted by molar-refractivity contribution is 5.74. The van der Waals surface area contributed by atoms with Crippen molar-refractivity contribution in [1.29, 1.82) is 0 Å². The molecule has 2 amide bonds. The second kappa shape index (κ2) is 8.70. The third-order valence-electron chi connectivity index (χ3n) is 3.43. The summed E-state index contributed by atoms with van der Waals surface area (Å²) in [5.41, 5.74) is 1.98. The Hall–Kier alpha value is -1.66. The van der Waals surface area contributed by atoms with Crippen molar-refractivity contribution < 1.29 is 19.0 Å². The van der Waals surface area contributed by atoms with Crippen LogP contribution < -0.4 is 10.6 Å². The van der Waals surface area contributed by atoms with Crippen LogP contribution in [-0.4, -0.2) is 37.5 Å². The number of methoxy groups -OCH3 is 1. The van der Waals surface area contributed by atoms with Gasteiger partial charge in [-0.1, -0.05) is 12.1 Å². The van der Waals surface area contributed by atoms with Crippen LogP contribution in [0.15, 0.2) is 12.1 Å². The molecule has 22 heavy (non-hydrogen) atoms. The molecule has 0 aromatic heterocycles. The summed E-state index contributed by atoms with van der Waals surface area (Å²) in [6.07, 6.45) is -0.171. The number of aliphatic hydroxyl groups is 1. The Balaban J connectivity index is 2.47. The van der Waals surface area contributed by atoms with Gasteiger partial charge in [0.05, 0.1) is 18.8 Å². The molecule has 1 rings (SSSR count). The second-order valence-corrected chi connectivity index (χ2v) is 5.49. The number of nitrogens with one attached hydrogen (secondary N) is 2. The summed E-state index contributed by atoms with van der Waals surface area (Å²) < 4.78 is 18.4. The fraction of sp³-hybridized carbons (Fsp3) is 0.562. The van der Waals surface area contributed by atoms with Crippen LogP contribution >= 0.6 is 0 Å². The number of hydrogen-bond donors (Lipinski definition) is 3. The average molecular weight is 312 g/mol. The van der Waals surface area contributed by atoms with E-state index in [1.54, 1.807) is 26.0 Å². The number of hydrogen-bond acceptors (Lipinski definition) is 3. The van der Waals surface area contributed by atoms with Crippen LogP contribution in [0.1, 0.15) is 36.1 Å². The van der Waals surface area contributed by atoms with E-state index in [1.165, 1.54) is 7.11 Å². The van der Waals surface area contributed by atoms with Crippen LogP contribution in [0.3, 0.4) is 0 Å². The molecule has 124 valence electrons. The van der Waals surface area contributed by atoms with Crippen LogP contribution in [0.4, 0.5) is 9.18 Å². The quantitative estimate of drug-likeness (QED) is 0.723. The maximum Gasteiger partial charge on any atom is 0.315 e. The van der Waals surface area contributed by atoms with Crippen molar-refractivity contribution in [3.8, 4) is 0 Å². The van der Waals surface area contributed by atoms with Gasteiger partial charge in [0.2, 0.25) is 0 Å². The van der Waals surface area contributed by atoms with Crippen LogP contribution in [0, 0.1) is 19.7 Å². The zero-order valence-corrected chi connectivity index (χ0v) is 13.6. The monoisotopic (exact) mass is 312 g/mol. The van der Waals surface area contributed by atoms with Crippen LogP contribution in [-0.2, 0) is 4.74 Å². The van der Waals surface area contributed by atoms with Crippen molar-refractivity contribution in [2.24, 2.45) is 0 Å². The van der Waals surface area contributed by atoms with Gasteiger partial charge in [-0.2, -0.15) is 0 Å². The van der Waals surface area contributed by atoms with Gasteiger partial charge in [-0.05, 0) is 43.9 Å². The summed E-state index contributed by atoms with van der Waals surface area (Å²) in [5.74, 6) is -0.215. The van der Waals surface area contributed by atoms with Crippen molar-refractivity contribution in [2.75, 3.05) is 20.3 Å². The van der Waals surface area contributed by atoms with Gasteiger partial charge in [-0.3, -0.25) is 0 Å². The lowest BCUT2D eigenvalue weighted by Crippen LogP contribution is -2.38. The maximum absolute atomic E-state index is 13.6. The Labute approximate surface area is 130 Å². The van der Waals surface area contributed by atoms with E-state index in [4.69, 9.17) is 4.74 Å². The molecule has 0 saturated carbocycles. The van der Waals surface area contributed by atoms with Gasteiger partial charge in [0.1, 0.15) is 5.82 Å². The molecule has 0 fully saturated rings. The zero-order chi connectivity index (χ0) is 16.7. The molecule has 0 bridgehead atoms. The van der Waals surface area contributed by atoms with Crippen LogP contribution in [0.5, 0.6) is 0 Å². The van der Waals surface area contributed by atoms with E-state index in [-0.39, 0.29) is 24.5 Å². The number of aryl methyl sites for hydroxylation is 2. The average Bonchev–Trinajstić information content (AvgIpc) is 2.44. The number of rotatable bonds is 7. The van der Waals surface area contributed by atoms with Crippen molar-refractivity contribution >= 4 is 6.03 Å². The van der Waals surface area contributed by atoms with Gasteiger partial charge in [0.15, 0.2) is 0 Å². The molecule has 2 atom stereocenters. The summed E-state index contributed by atoms with van der Waals surface area (Å²) in [4.78, 5) is 11.8. The lowest BCUT2D eigenvalue weighted by Gasteiger charge is -2.17. The highest BCUT2D eigenvalue weighted by Crippen LogP contribution is 2.19. The molecule has 0 aliphatic carbocycles. The van der Waals surface area contributed by atoms with E-state index in [0.29, 0.717) is 24.1 Å². The Bertz CT molecular complexity index is 485. The number of halogens is 1. The molecule has 0 aliphatic heterocycles. The molecule has 3 N–H and O–H groups in total. The maximum atomic E-state index is 13.6. The summed E-state index contributed by atoms with van der Waals surface area (Å²) >= 11 is 0. The van der Waals surface area contributed by atoms with E-state index in [2.05, 4.69) is 10.6 Å². The SMILES string of the molecule is COCC(O)CCNC(=O)NC(C)c1cc(C)c(F)c(C)c1. The summed E-state index contributed by atoms with van der Waals surface area (Å²) in [6, 6.07) is 2.91. The predicted molar refractivity (Wildman–Crippen MR) is 83.3 cm³/mol. The summed E-state index contributed by atoms with van der Waals surface area (Å²) in [6.45, 7) is 5.84. The minimum atomic E-state index is -0.592. The number of amides is 2.